The molecule has 4 nitrogen and oxygen atoms in total. The van der Waals surface area contributed by atoms with Crippen molar-refractivity contribution >= 4 is 17.3 Å². The van der Waals surface area contributed by atoms with E-state index in [0.717, 1.165) is 30.5 Å². The number of halogens is 3. The molecule has 7 heteroatoms. The maximum absolute atomic E-state index is 12.6. The zero-order valence-corrected chi connectivity index (χ0v) is 12.1. The number of nitrogens with two attached hydrogens (primary N) is 1. The van der Waals surface area contributed by atoms with Gasteiger partial charge in [0.25, 0.3) is 5.91 Å². The Morgan fingerprint density at radius 2 is 2.00 bits per heavy atom. The third-order valence-corrected chi connectivity index (χ3v) is 3.84. The average Bonchev–Trinajstić information content (AvgIpc) is 2.53. The Balaban J connectivity index is 1.92. The van der Waals surface area contributed by atoms with Crippen molar-refractivity contribution in [1.82, 2.24) is 4.98 Å². The number of alkyl halides is 3. The van der Waals surface area contributed by atoms with Gasteiger partial charge < -0.3 is 10.6 Å². The lowest BCUT2D eigenvalue weighted by Gasteiger charge is -2.30. The summed E-state index contributed by atoms with van der Waals surface area (Å²) in [5.41, 5.74) is 7.23. The number of anilines is 2. The standard InChI is InChI=1S/C16H14F3N3O/c17-16(18,19)10-6-7-13(21-9-10)15(23)22-8-2-3-11-12(20)4-1-5-14(11)22/h1,4-7,9H,2-3,8,20H2. The van der Waals surface area contributed by atoms with Gasteiger partial charge in [-0.2, -0.15) is 13.2 Å². The second-order valence-corrected chi connectivity index (χ2v) is 5.34. The highest BCUT2D eigenvalue weighted by molar-refractivity contribution is 6.05. The van der Waals surface area contributed by atoms with Gasteiger partial charge in [0.15, 0.2) is 0 Å². The predicted octanol–water partition coefficient (Wildman–Crippen LogP) is 3.28. The number of nitrogens with zero attached hydrogens (tertiary/aromatic N) is 2. The summed E-state index contributed by atoms with van der Waals surface area (Å²) >= 11 is 0. The lowest BCUT2D eigenvalue weighted by Crippen LogP contribution is -2.36. The van der Waals surface area contributed by atoms with Crippen molar-refractivity contribution in [2.24, 2.45) is 0 Å². The van der Waals surface area contributed by atoms with Gasteiger partial charge in [-0.25, -0.2) is 0 Å². The Bertz CT molecular complexity index is 741. The van der Waals surface area contributed by atoms with Crippen LogP contribution in [0.15, 0.2) is 36.5 Å². The fraction of sp³-hybridized carbons (Fsp3) is 0.250. The number of fused-ring (bicyclic) bond motifs is 1. The van der Waals surface area contributed by atoms with Gasteiger partial charge in [0.1, 0.15) is 5.69 Å². The van der Waals surface area contributed by atoms with Gasteiger partial charge in [0, 0.05) is 24.1 Å². The molecule has 2 aromatic rings. The van der Waals surface area contributed by atoms with Crippen LogP contribution in [-0.2, 0) is 12.6 Å². The fourth-order valence-corrected chi connectivity index (χ4v) is 2.69. The van der Waals surface area contributed by atoms with E-state index in [4.69, 9.17) is 5.73 Å². The van der Waals surface area contributed by atoms with Gasteiger partial charge in [0.2, 0.25) is 0 Å². The third-order valence-electron chi connectivity index (χ3n) is 3.84. The number of benzene rings is 1. The van der Waals surface area contributed by atoms with Crippen molar-refractivity contribution in [3.63, 3.8) is 0 Å². The van der Waals surface area contributed by atoms with Crippen molar-refractivity contribution in [3.05, 3.63) is 53.3 Å². The summed E-state index contributed by atoms with van der Waals surface area (Å²) in [6, 6.07) is 7.27. The molecule has 1 aromatic heterocycles. The molecule has 0 aliphatic carbocycles. The van der Waals surface area contributed by atoms with Crippen LogP contribution in [0.3, 0.4) is 0 Å². The van der Waals surface area contributed by atoms with E-state index in [2.05, 4.69) is 4.98 Å². The molecular weight excluding hydrogens is 307 g/mol. The van der Waals surface area contributed by atoms with Gasteiger partial charge in [-0.1, -0.05) is 6.07 Å². The van der Waals surface area contributed by atoms with Crippen LogP contribution < -0.4 is 10.6 Å². The maximum Gasteiger partial charge on any atom is 0.417 e. The summed E-state index contributed by atoms with van der Waals surface area (Å²) in [6.45, 7) is 0.484. The van der Waals surface area contributed by atoms with E-state index in [9.17, 15) is 18.0 Å². The smallest absolute Gasteiger partial charge is 0.398 e. The first-order chi connectivity index (χ1) is 10.9. The van der Waals surface area contributed by atoms with Crippen LogP contribution in [0.5, 0.6) is 0 Å². The van der Waals surface area contributed by atoms with Crippen LogP contribution in [-0.4, -0.2) is 17.4 Å². The molecule has 0 saturated carbocycles. The molecule has 0 atom stereocenters. The molecule has 2 N–H and O–H groups in total. The predicted molar refractivity (Wildman–Crippen MR) is 80.1 cm³/mol. The van der Waals surface area contributed by atoms with Crippen LogP contribution >= 0.6 is 0 Å². The summed E-state index contributed by atoms with van der Waals surface area (Å²) < 4.78 is 37.7. The number of carbonyl (C=O) groups excluding carboxylic acids is 1. The normalized spacial score (nSPS) is 14.5. The molecule has 3 rings (SSSR count). The second kappa shape index (κ2) is 5.57. The summed E-state index contributed by atoms with van der Waals surface area (Å²) in [4.78, 5) is 17.8. The minimum Gasteiger partial charge on any atom is -0.398 e. The Hall–Kier alpha value is -2.57. The van der Waals surface area contributed by atoms with Crippen LogP contribution in [0.25, 0.3) is 0 Å². The van der Waals surface area contributed by atoms with E-state index in [1.54, 1.807) is 18.2 Å². The SMILES string of the molecule is Nc1cccc2c1CCCN2C(=O)c1ccc(C(F)(F)F)cn1. The first-order valence-corrected chi connectivity index (χ1v) is 7.10. The molecule has 0 bridgehead atoms. The number of rotatable bonds is 1. The van der Waals surface area contributed by atoms with E-state index in [0.29, 0.717) is 24.1 Å². The molecular formula is C16H14F3N3O. The molecule has 1 aliphatic heterocycles. The highest BCUT2D eigenvalue weighted by Crippen LogP contribution is 2.32. The first-order valence-electron chi connectivity index (χ1n) is 7.10. The van der Waals surface area contributed by atoms with Crippen molar-refractivity contribution in [3.8, 4) is 0 Å². The summed E-state index contributed by atoms with van der Waals surface area (Å²) in [7, 11) is 0. The monoisotopic (exact) mass is 321 g/mol. The van der Waals surface area contributed by atoms with E-state index < -0.39 is 17.6 Å². The van der Waals surface area contributed by atoms with E-state index >= 15 is 0 Å². The number of amides is 1. The number of pyridine rings is 1. The summed E-state index contributed by atoms with van der Waals surface area (Å²) in [5.74, 6) is -0.426. The Morgan fingerprint density at radius 3 is 2.65 bits per heavy atom. The van der Waals surface area contributed by atoms with Crippen molar-refractivity contribution in [1.29, 1.82) is 0 Å². The molecule has 1 aromatic carbocycles. The van der Waals surface area contributed by atoms with Crippen LogP contribution in [0, 0.1) is 0 Å². The number of hydrogen-bond donors (Lipinski definition) is 1. The highest BCUT2D eigenvalue weighted by Gasteiger charge is 2.31. The van der Waals surface area contributed by atoms with Crippen molar-refractivity contribution in [2.45, 2.75) is 19.0 Å². The zero-order valence-electron chi connectivity index (χ0n) is 12.1. The quantitative estimate of drug-likeness (QED) is 0.820. The topological polar surface area (TPSA) is 59.2 Å². The summed E-state index contributed by atoms with van der Waals surface area (Å²) in [5, 5.41) is 0. The van der Waals surface area contributed by atoms with Gasteiger partial charge in [0.05, 0.1) is 5.56 Å². The number of aromatic nitrogens is 1. The molecule has 23 heavy (non-hydrogen) atoms. The summed E-state index contributed by atoms with van der Waals surface area (Å²) in [6.07, 6.45) is -2.28. The highest BCUT2D eigenvalue weighted by atomic mass is 19.4. The Labute approximate surface area is 130 Å². The Kier molecular flexibility index (Phi) is 3.71. The van der Waals surface area contributed by atoms with Crippen LogP contribution in [0.1, 0.15) is 28.0 Å². The van der Waals surface area contributed by atoms with Gasteiger partial charge >= 0.3 is 6.18 Å². The maximum atomic E-state index is 12.6. The van der Waals surface area contributed by atoms with Crippen LogP contribution in [0.2, 0.25) is 0 Å². The molecule has 0 radical (unpaired) electrons. The third kappa shape index (κ3) is 2.86. The number of carbonyl (C=O) groups is 1. The molecule has 0 fully saturated rings. The largest absolute Gasteiger partial charge is 0.417 e. The fourth-order valence-electron chi connectivity index (χ4n) is 2.69. The van der Waals surface area contributed by atoms with Gasteiger partial charge in [-0.15, -0.1) is 0 Å². The van der Waals surface area contributed by atoms with E-state index in [1.165, 1.54) is 4.90 Å². The molecule has 0 spiro atoms. The molecule has 0 unspecified atom stereocenters. The lowest BCUT2D eigenvalue weighted by molar-refractivity contribution is -0.137. The average molecular weight is 321 g/mol. The van der Waals surface area contributed by atoms with E-state index in [1.807, 2.05) is 0 Å². The zero-order chi connectivity index (χ0) is 16.6. The first kappa shape index (κ1) is 15.3. The van der Waals surface area contributed by atoms with Gasteiger partial charge in [-0.3, -0.25) is 9.78 Å². The molecule has 1 amide bonds. The Morgan fingerprint density at radius 1 is 1.22 bits per heavy atom. The molecule has 120 valence electrons. The lowest BCUT2D eigenvalue weighted by atomic mass is 9.99. The van der Waals surface area contributed by atoms with Crippen LogP contribution in [0.4, 0.5) is 24.5 Å². The van der Waals surface area contributed by atoms with E-state index in [-0.39, 0.29) is 5.69 Å². The molecule has 2 heterocycles. The minimum absolute atomic E-state index is 0.0201. The van der Waals surface area contributed by atoms with Crippen molar-refractivity contribution in [2.75, 3.05) is 17.2 Å². The second-order valence-electron chi connectivity index (χ2n) is 5.34. The minimum atomic E-state index is -4.47. The van der Waals surface area contributed by atoms with Gasteiger partial charge in [-0.05, 0) is 42.7 Å². The molecule has 1 aliphatic rings. The molecule has 0 saturated heterocycles. The number of hydrogen-bond acceptors (Lipinski definition) is 3. The number of nitrogen functional groups attached to an aromatic ring is 1. The van der Waals surface area contributed by atoms with Crippen molar-refractivity contribution < 1.29 is 18.0 Å².